The summed E-state index contributed by atoms with van der Waals surface area (Å²) >= 11 is 0. The second-order valence-corrected chi connectivity index (χ2v) is 8.18. The van der Waals surface area contributed by atoms with Gasteiger partial charge in [0.1, 0.15) is 17.3 Å². The lowest BCUT2D eigenvalue weighted by molar-refractivity contribution is -0.123. The van der Waals surface area contributed by atoms with E-state index in [0.717, 1.165) is 5.56 Å². The van der Waals surface area contributed by atoms with Crippen molar-refractivity contribution in [3.63, 3.8) is 0 Å². The molecule has 0 aliphatic carbocycles. The van der Waals surface area contributed by atoms with Gasteiger partial charge in [0.05, 0.1) is 11.6 Å². The molecule has 1 aliphatic heterocycles. The predicted octanol–water partition coefficient (Wildman–Crippen LogP) is 3.24. The van der Waals surface area contributed by atoms with Crippen LogP contribution in [0.1, 0.15) is 33.2 Å². The van der Waals surface area contributed by atoms with E-state index in [0.29, 0.717) is 34.4 Å². The molecule has 9 heteroatoms. The Morgan fingerprint density at radius 1 is 1.18 bits per heavy atom. The third-order valence-corrected chi connectivity index (χ3v) is 5.86. The molecule has 0 saturated heterocycles. The number of rotatable bonds is 4. The maximum Gasteiger partial charge on any atom is 0.270 e. The molecular formula is C24H21F2N5O2. The molecule has 33 heavy (non-hydrogen) atoms. The number of nitrogens with one attached hydrogen (secondary N) is 2. The summed E-state index contributed by atoms with van der Waals surface area (Å²) in [6, 6.07) is 12.1. The van der Waals surface area contributed by atoms with Crippen LogP contribution in [0.5, 0.6) is 0 Å². The Balaban J connectivity index is 1.39. The molecule has 168 valence electrons. The van der Waals surface area contributed by atoms with Crippen molar-refractivity contribution in [2.75, 3.05) is 6.54 Å². The van der Waals surface area contributed by atoms with Gasteiger partial charge in [0.2, 0.25) is 5.91 Å². The zero-order chi connectivity index (χ0) is 23.1. The maximum absolute atomic E-state index is 13.9. The molecule has 2 amide bonds. The zero-order valence-corrected chi connectivity index (χ0v) is 17.8. The molecular weight excluding hydrogens is 428 g/mol. The summed E-state index contributed by atoms with van der Waals surface area (Å²) in [6.07, 6.45) is 1.78. The van der Waals surface area contributed by atoms with Gasteiger partial charge in [-0.2, -0.15) is 5.10 Å². The molecule has 0 radical (unpaired) electrons. The van der Waals surface area contributed by atoms with Crippen LogP contribution in [-0.2, 0) is 24.9 Å². The number of carbonyl (C=O) groups is 2. The van der Waals surface area contributed by atoms with E-state index in [2.05, 4.69) is 15.4 Å². The van der Waals surface area contributed by atoms with E-state index in [4.69, 9.17) is 0 Å². The lowest BCUT2D eigenvalue weighted by Crippen LogP contribution is -2.43. The Hall–Kier alpha value is -4.01. The molecule has 2 aromatic carbocycles. The molecule has 0 fully saturated rings. The van der Waals surface area contributed by atoms with Crippen LogP contribution in [0, 0.1) is 11.6 Å². The molecule has 7 nitrogen and oxygen atoms in total. The van der Waals surface area contributed by atoms with Crippen LogP contribution < -0.4 is 5.32 Å². The molecule has 0 unspecified atom stereocenters. The standard InChI is InChI=1S/C24H21F2N5O2/c1-30-11-16-12-31(24(33)21-9-15-8-17(25)6-7-20(15)28-21)13-18(22(16)29-30)23(32)27-10-14-4-2-3-5-19(14)26/h2-9,11,18,28H,10,12-13H2,1H3,(H,27,32)/t18-/m0/s1. The molecule has 1 atom stereocenters. The van der Waals surface area contributed by atoms with Crippen LogP contribution in [-0.4, -0.2) is 38.0 Å². The normalized spacial score (nSPS) is 15.5. The number of carbonyl (C=O) groups excluding carboxylic acids is 2. The van der Waals surface area contributed by atoms with Gasteiger partial charge in [-0.3, -0.25) is 14.3 Å². The van der Waals surface area contributed by atoms with E-state index in [-0.39, 0.29) is 30.7 Å². The minimum atomic E-state index is -0.701. The number of hydrogen-bond acceptors (Lipinski definition) is 3. The van der Waals surface area contributed by atoms with Crippen LogP contribution in [0.4, 0.5) is 8.78 Å². The van der Waals surface area contributed by atoms with E-state index < -0.39 is 11.7 Å². The highest BCUT2D eigenvalue weighted by Crippen LogP contribution is 2.29. The first kappa shape index (κ1) is 20.9. The van der Waals surface area contributed by atoms with Crippen molar-refractivity contribution in [1.29, 1.82) is 0 Å². The third kappa shape index (κ3) is 3.97. The number of benzene rings is 2. The first-order valence-corrected chi connectivity index (χ1v) is 10.5. The monoisotopic (exact) mass is 449 g/mol. The van der Waals surface area contributed by atoms with Crippen molar-refractivity contribution in [3.05, 3.63) is 88.9 Å². The van der Waals surface area contributed by atoms with Crippen LogP contribution >= 0.6 is 0 Å². The largest absolute Gasteiger partial charge is 0.351 e. The highest BCUT2D eigenvalue weighted by molar-refractivity contribution is 5.98. The fraction of sp³-hybridized carbons (Fsp3) is 0.208. The molecule has 3 heterocycles. The number of amides is 2. The highest BCUT2D eigenvalue weighted by atomic mass is 19.1. The van der Waals surface area contributed by atoms with Gasteiger partial charge in [-0.15, -0.1) is 0 Å². The Kier molecular flexibility index (Phi) is 5.16. The van der Waals surface area contributed by atoms with Gasteiger partial charge in [0.25, 0.3) is 5.91 Å². The number of halogens is 2. The van der Waals surface area contributed by atoms with Crippen molar-refractivity contribution in [1.82, 2.24) is 25.0 Å². The minimum absolute atomic E-state index is 0.0334. The molecule has 5 rings (SSSR count). The summed E-state index contributed by atoms with van der Waals surface area (Å²) in [7, 11) is 1.75. The van der Waals surface area contributed by atoms with E-state index >= 15 is 0 Å². The maximum atomic E-state index is 13.9. The fourth-order valence-corrected chi connectivity index (χ4v) is 4.25. The van der Waals surface area contributed by atoms with Crippen molar-refractivity contribution >= 4 is 22.7 Å². The van der Waals surface area contributed by atoms with Gasteiger partial charge >= 0.3 is 0 Å². The van der Waals surface area contributed by atoms with Gasteiger partial charge in [0, 0.05) is 54.9 Å². The van der Waals surface area contributed by atoms with Crippen LogP contribution in [0.25, 0.3) is 10.9 Å². The number of aromatic amines is 1. The summed E-state index contributed by atoms with van der Waals surface area (Å²) < 4.78 is 29.1. The van der Waals surface area contributed by atoms with Crippen molar-refractivity contribution < 1.29 is 18.4 Å². The number of aryl methyl sites for hydroxylation is 1. The van der Waals surface area contributed by atoms with E-state index in [1.165, 1.54) is 18.2 Å². The molecule has 4 aromatic rings. The number of hydrogen-bond donors (Lipinski definition) is 2. The number of fused-ring (bicyclic) bond motifs is 2. The number of H-pyrrole nitrogens is 1. The van der Waals surface area contributed by atoms with E-state index in [1.54, 1.807) is 53.2 Å². The topological polar surface area (TPSA) is 83.0 Å². The van der Waals surface area contributed by atoms with Gasteiger partial charge in [-0.05, 0) is 30.3 Å². The molecule has 0 saturated carbocycles. The van der Waals surface area contributed by atoms with Crippen LogP contribution in [0.3, 0.4) is 0 Å². The Labute approximate surface area is 188 Å². The van der Waals surface area contributed by atoms with Gasteiger partial charge in [-0.25, -0.2) is 8.78 Å². The van der Waals surface area contributed by atoms with Gasteiger partial charge in [-0.1, -0.05) is 18.2 Å². The number of nitrogens with zero attached hydrogens (tertiary/aromatic N) is 3. The summed E-state index contributed by atoms with van der Waals surface area (Å²) in [5, 5.41) is 7.80. The average molecular weight is 449 g/mol. The smallest absolute Gasteiger partial charge is 0.270 e. The first-order valence-electron chi connectivity index (χ1n) is 10.5. The fourth-order valence-electron chi connectivity index (χ4n) is 4.25. The van der Waals surface area contributed by atoms with Crippen LogP contribution in [0.15, 0.2) is 54.7 Å². The lowest BCUT2D eigenvalue weighted by Gasteiger charge is -2.31. The second kappa shape index (κ2) is 8.16. The molecule has 0 bridgehead atoms. The zero-order valence-electron chi connectivity index (χ0n) is 17.8. The van der Waals surface area contributed by atoms with Crippen molar-refractivity contribution in [2.45, 2.75) is 19.0 Å². The predicted molar refractivity (Wildman–Crippen MR) is 117 cm³/mol. The average Bonchev–Trinajstić information content (AvgIpc) is 3.39. The molecule has 2 aromatic heterocycles. The lowest BCUT2D eigenvalue weighted by atomic mass is 9.95. The highest BCUT2D eigenvalue weighted by Gasteiger charge is 2.35. The molecule has 2 N–H and O–H groups in total. The van der Waals surface area contributed by atoms with Crippen molar-refractivity contribution in [3.8, 4) is 0 Å². The Morgan fingerprint density at radius 3 is 2.82 bits per heavy atom. The van der Waals surface area contributed by atoms with Crippen molar-refractivity contribution in [2.24, 2.45) is 7.05 Å². The van der Waals surface area contributed by atoms with Gasteiger partial charge in [0.15, 0.2) is 0 Å². The number of aromatic nitrogens is 3. The van der Waals surface area contributed by atoms with E-state index in [1.807, 2.05) is 0 Å². The SMILES string of the molecule is Cn1cc2c(n1)[C@@H](C(=O)NCc1ccccc1F)CN(C(=O)c1cc3cc(F)ccc3[nH]1)C2. The quantitative estimate of drug-likeness (QED) is 0.502. The molecule has 0 spiro atoms. The third-order valence-electron chi connectivity index (χ3n) is 5.86. The Bertz CT molecular complexity index is 1380. The molecule has 1 aliphatic rings. The summed E-state index contributed by atoms with van der Waals surface area (Å²) in [4.78, 5) is 30.9. The van der Waals surface area contributed by atoms with Gasteiger partial charge < -0.3 is 15.2 Å². The Morgan fingerprint density at radius 2 is 2.00 bits per heavy atom. The first-order chi connectivity index (χ1) is 15.9. The van der Waals surface area contributed by atoms with E-state index in [9.17, 15) is 18.4 Å². The summed E-state index contributed by atoms with van der Waals surface area (Å²) in [5.41, 5.74) is 2.71. The minimum Gasteiger partial charge on any atom is -0.351 e. The summed E-state index contributed by atoms with van der Waals surface area (Å²) in [6.45, 7) is 0.449. The van der Waals surface area contributed by atoms with Crippen LogP contribution in [0.2, 0.25) is 0 Å². The second-order valence-electron chi connectivity index (χ2n) is 8.18. The summed E-state index contributed by atoms with van der Waals surface area (Å²) in [5.74, 6) is -2.12.